The van der Waals surface area contributed by atoms with Crippen LogP contribution in [-0.4, -0.2) is 40.3 Å². The fourth-order valence-electron chi connectivity index (χ4n) is 5.03. The van der Waals surface area contributed by atoms with Crippen molar-refractivity contribution < 1.29 is 14.3 Å². The molecule has 0 radical (unpaired) electrons. The Labute approximate surface area is 202 Å². The van der Waals surface area contributed by atoms with Crippen LogP contribution in [0.4, 0.5) is 5.69 Å². The average molecular weight is 467 g/mol. The molecule has 2 aromatic rings. The number of anilines is 1. The fourth-order valence-corrected chi connectivity index (χ4v) is 5.03. The third kappa shape index (κ3) is 4.70. The topological polar surface area (TPSA) is 76.5 Å². The van der Waals surface area contributed by atoms with E-state index in [-0.39, 0.29) is 23.3 Å². The molecular formula is C27H38N4O3. The Morgan fingerprint density at radius 1 is 1.09 bits per heavy atom. The molecule has 2 aliphatic rings. The predicted molar refractivity (Wildman–Crippen MR) is 133 cm³/mol. The highest BCUT2D eigenvalue weighted by Crippen LogP contribution is 2.35. The van der Waals surface area contributed by atoms with Crippen molar-refractivity contribution in [2.75, 3.05) is 12.0 Å². The number of nitrogens with one attached hydrogen (secondary N) is 1. The van der Waals surface area contributed by atoms with E-state index in [1.54, 1.807) is 16.7 Å². The number of benzene rings is 1. The standard InChI is InChI=1S/C27H38N4O3/c1-26(2,3)23-17-22-24(32)31(20-13-15-21(34-5)16-14-20)27(4,18-30(22)29-23)25(33)28-19-11-9-7-6-8-10-12-19/h13-17,19H,6-12,18H2,1-5H3,(H,28,33)/t27-/m1/s1. The molecule has 0 unspecified atom stereocenters. The second-order valence-electron chi connectivity index (χ2n) is 11.0. The molecule has 7 nitrogen and oxygen atoms in total. The average Bonchev–Trinajstić information content (AvgIpc) is 3.20. The third-order valence-electron chi connectivity index (χ3n) is 7.18. The summed E-state index contributed by atoms with van der Waals surface area (Å²) < 4.78 is 7.03. The zero-order valence-electron chi connectivity index (χ0n) is 21.2. The Balaban J connectivity index is 1.72. The maximum Gasteiger partial charge on any atom is 0.277 e. The van der Waals surface area contributed by atoms with Gasteiger partial charge in [0, 0.05) is 17.1 Å². The SMILES string of the molecule is COc1ccc(N2C(=O)c3cc(C(C)(C)C)nn3C[C@]2(C)C(=O)NC2CCCCCCC2)cc1. The summed E-state index contributed by atoms with van der Waals surface area (Å²) in [5, 5.41) is 8.06. The largest absolute Gasteiger partial charge is 0.497 e. The molecule has 4 rings (SSSR count). The van der Waals surface area contributed by atoms with Gasteiger partial charge in [-0.25, -0.2) is 0 Å². The van der Waals surface area contributed by atoms with Crippen molar-refractivity contribution in [1.82, 2.24) is 15.1 Å². The minimum absolute atomic E-state index is 0.124. The van der Waals surface area contributed by atoms with Crippen LogP contribution in [0, 0.1) is 0 Å². The first-order valence-corrected chi connectivity index (χ1v) is 12.5. The highest BCUT2D eigenvalue weighted by molar-refractivity contribution is 6.11. The van der Waals surface area contributed by atoms with Crippen LogP contribution in [0.15, 0.2) is 30.3 Å². The first-order valence-electron chi connectivity index (χ1n) is 12.5. The molecular weight excluding hydrogens is 428 g/mol. The summed E-state index contributed by atoms with van der Waals surface area (Å²) in [6.45, 7) is 8.39. The lowest BCUT2D eigenvalue weighted by molar-refractivity contribution is -0.127. The van der Waals surface area contributed by atoms with Crippen molar-refractivity contribution in [3.8, 4) is 5.75 Å². The van der Waals surface area contributed by atoms with E-state index in [4.69, 9.17) is 9.84 Å². The summed E-state index contributed by atoms with van der Waals surface area (Å²) in [4.78, 5) is 29.4. The van der Waals surface area contributed by atoms with Crippen molar-refractivity contribution in [2.45, 2.75) is 96.2 Å². The molecule has 0 spiro atoms. The van der Waals surface area contributed by atoms with Gasteiger partial charge in [-0.1, -0.05) is 52.9 Å². The number of aromatic nitrogens is 2. The molecule has 1 aliphatic heterocycles. The van der Waals surface area contributed by atoms with E-state index in [1.165, 1.54) is 19.3 Å². The van der Waals surface area contributed by atoms with Gasteiger partial charge >= 0.3 is 0 Å². The highest BCUT2D eigenvalue weighted by Gasteiger charge is 2.49. The maximum atomic E-state index is 13.9. The summed E-state index contributed by atoms with van der Waals surface area (Å²) in [7, 11) is 1.61. The molecule has 34 heavy (non-hydrogen) atoms. The van der Waals surface area contributed by atoms with Crippen molar-refractivity contribution in [3.05, 3.63) is 41.7 Å². The number of hydrogen-bond acceptors (Lipinski definition) is 4. The van der Waals surface area contributed by atoms with E-state index in [9.17, 15) is 9.59 Å². The van der Waals surface area contributed by atoms with Crippen LogP contribution in [0.2, 0.25) is 0 Å². The number of rotatable bonds is 4. The van der Waals surface area contributed by atoms with Gasteiger partial charge in [0.15, 0.2) is 0 Å². The van der Waals surface area contributed by atoms with Gasteiger partial charge in [-0.3, -0.25) is 19.2 Å². The predicted octanol–water partition coefficient (Wildman–Crippen LogP) is 4.84. The van der Waals surface area contributed by atoms with Crippen LogP contribution in [0.1, 0.15) is 88.8 Å². The number of ether oxygens (including phenoxy) is 1. The summed E-state index contributed by atoms with van der Waals surface area (Å²) >= 11 is 0. The summed E-state index contributed by atoms with van der Waals surface area (Å²) in [5.74, 6) is 0.365. The van der Waals surface area contributed by atoms with E-state index in [2.05, 4.69) is 26.1 Å². The number of fused-ring (bicyclic) bond motifs is 1. The van der Waals surface area contributed by atoms with Gasteiger partial charge in [0.05, 0.1) is 19.3 Å². The molecule has 1 aromatic carbocycles. The van der Waals surface area contributed by atoms with Gasteiger partial charge in [-0.05, 0) is 50.1 Å². The fraction of sp³-hybridized carbons (Fsp3) is 0.593. The molecule has 2 heterocycles. The normalized spacial score (nSPS) is 22.0. The lowest BCUT2D eigenvalue weighted by Crippen LogP contribution is -2.65. The van der Waals surface area contributed by atoms with E-state index < -0.39 is 5.54 Å². The Kier molecular flexibility index (Phi) is 6.74. The van der Waals surface area contributed by atoms with Crippen LogP contribution in [0.25, 0.3) is 0 Å². The number of carbonyl (C=O) groups excluding carboxylic acids is 2. The van der Waals surface area contributed by atoms with E-state index in [1.807, 2.05) is 37.3 Å². The number of carbonyl (C=O) groups is 2. The molecule has 1 aliphatic carbocycles. The Bertz CT molecular complexity index is 1030. The van der Waals surface area contributed by atoms with Crippen LogP contribution in [-0.2, 0) is 16.8 Å². The van der Waals surface area contributed by atoms with Crippen LogP contribution in [0.3, 0.4) is 0 Å². The van der Waals surface area contributed by atoms with Gasteiger partial charge in [-0.2, -0.15) is 5.10 Å². The molecule has 2 amide bonds. The monoisotopic (exact) mass is 466 g/mol. The lowest BCUT2D eigenvalue weighted by Gasteiger charge is -2.43. The minimum atomic E-state index is -1.11. The van der Waals surface area contributed by atoms with Gasteiger partial charge in [0.2, 0.25) is 5.91 Å². The van der Waals surface area contributed by atoms with Crippen molar-refractivity contribution in [2.24, 2.45) is 0 Å². The highest BCUT2D eigenvalue weighted by atomic mass is 16.5. The van der Waals surface area contributed by atoms with Gasteiger partial charge in [0.25, 0.3) is 5.91 Å². The lowest BCUT2D eigenvalue weighted by atomic mass is 9.90. The molecule has 1 saturated carbocycles. The first kappa shape index (κ1) is 24.3. The molecule has 0 bridgehead atoms. The minimum Gasteiger partial charge on any atom is -0.497 e. The molecule has 1 aromatic heterocycles. The van der Waals surface area contributed by atoms with Crippen molar-refractivity contribution >= 4 is 17.5 Å². The quantitative estimate of drug-likeness (QED) is 0.700. The smallest absolute Gasteiger partial charge is 0.277 e. The zero-order chi connectivity index (χ0) is 24.5. The van der Waals surface area contributed by atoms with E-state index in [0.29, 0.717) is 23.7 Å². The van der Waals surface area contributed by atoms with Gasteiger partial charge < -0.3 is 10.1 Å². The molecule has 1 fully saturated rings. The van der Waals surface area contributed by atoms with Crippen LogP contribution >= 0.6 is 0 Å². The molecule has 1 atom stereocenters. The van der Waals surface area contributed by atoms with E-state index in [0.717, 1.165) is 31.4 Å². The number of nitrogens with zero attached hydrogens (tertiary/aromatic N) is 3. The maximum absolute atomic E-state index is 13.9. The van der Waals surface area contributed by atoms with Crippen LogP contribution < -0.4 is 15.0 Å². The zero-order valence-corrected chi connectivity index (χ0v) is 21.2. The number of methoxy groups -OCH3 is 1. The number of hydrogen-bond donors (Lipinski definition) is 1. The molecule has 184 valence electrons. The Hall–Kier alpha value is -2.83. The second-order valence-corrected chi connectivity index (χ2v) is 11.0. The molecule has 1 N–H and O–H groups in total. The number of amides is 2. The van der Waals surface area contributed by atoms with E-state index >= 15 is 0 Å². The molecule has 7 heteroatoms. The molecule has 0 saturated heterocycles. The van der Waals surface area contributed by atoms with Crippen molar-refractivity contribution in [3.63, 3.8) is 0 Å². The van der Waals surface area contributed by atoms with Crippen LogP contribution in [0.5, 0.6) is 5.75 Å². The Morgan fingerprint density at radius 2 is 1.71 bits per heavy atom. The van der Waals surface area contributed by atoms with Crippen molar-refractivity contribution in [1.29, 1.82) is 0 Å². The third-order valence-corrected chi connectivity index (χ3v) is 7.18. The Morgan fingerprint density at radius 3 is 2.29 bits per heavy atom. The second kappa shape index (κ2) is 9.43. The summed E-state index contributed by atoms with van der Waals surface area (Å²) in [6, 6.07) is 9.33. The summed E-state index contributed by atoms with van der Waals surface area (Å²) in [6.07, 6.45) is 7.93. The summed E-state index contributed by atoms with van der Waals surface area (Å²) in [5.41, 5.74) is 0.716. The van der Waals surface area contributed by atoms with Gasteiger partial charge in [-0.15, -0.1) is 0 Å². The first-order chi connectivity index (χ1) is 16.1. The van der Waals surface area contributed by atoms with Gasteiger partial charge in [0.1, 0.15) is 17.0 Å².